The smallest absolute Gasteiger partial charge is 0.0890 e. The highest BCUT2D eigenvalue weighted by molar-refractivity contribution is 5.74. The van der Waals surface area contributed by atoms with E-state index in [0.717, 1.165) is 16.6 Å². The van der Waals surface area contributed by atoms with Crippen molar-refractivity contribution in [1.29, 1.82) is 0 Å². The highest BCUT2D eigenvalue weighted by Crippen LogP contribution is 2.19. The summed E-state index contributed by atoms with van der Waals surface area (Å²) in [5, 5.41) is 18.4. The van der Waals surface area contributed by atoms with Crippen molar-refractivity contribution in [2.45, 2.75) is 12.5 Å². The first kappa shape index (κ1) is 10.0. The van der Waals surface area contributed by atoms with Crippen molar-refractivity contribution in [2.24, 2.45) is 0 Å². The van der Waals surface area contributed by atoms with Gasteiger partial charge in [-0.2, -0.15) is 0 Å². The van der Waals surface area contributed by atoms with E-state index in [9.17, 15) is 5.11 Å². The number of hydrogen-bond donors (Lipinski definition) is 2. The molecule has 0 saturated carbocycles. The molecule has 0 saturated heterocycles. The van der Waals surface area contributed by atoms with Crippen molar-refractivity contribution in [3.63, 3.8) is 0 Å². The summed E-state index contributed by atoms with van der Waals surface area (Å²) >= 11 is 0. The molecule has 15 heavy (non-hydrogen) atoms. The molecule has 2 N–H and O–H groups in total. The van der Waals surface area contributed by atoms with Gasteiger partial charge in [0, 0.05) is 25.4 Å². The Kier molecular flexibility index (Phi) is 2.89. The van der Waals surface area contributed by atoms with E-state index < -0.39 is 6.10 Å². The van der Waals surface area contributed by atoms with Gasteiger partial charge in [-0.3, -0.25) is 9.97 Å². The fourth-order valence-corrected chi connectivity index (χ4v) is 1.48. The van der Waals surface area contributed by atoms with Gasteiger partial charge >= 0.3 is 0 Å². The van der Waals surface area contributed by atoms with E-state index in [4.69, 9.17) is 5.11 Å². The van der Waals surface area contributed by atoms with Crippen molar-refractivity contribution in [3.05, 3.63) is 36.2 Å². The number of benzene rings is 1. The summed E-state index contributed by atoms with van der Waals surface area (Å²) in [6.07, 6.45) is 2.95. The summed E-state index contributed by atoms with van der Waals surface area (Å²) in [7, 11) is 0. The van der Waals surface area contributed by atoms with E-state index >= 15 is 0 Å². The normalized spacial score (nSPS) is 12.9. The number of fused-ring (bicyclic) bond motifs is 1. The number of nitrogens with zero attached hydrogens (tertiary/aromatic N) is 2. The van der Waals surface area contributed by atoms with Gasteiger partial charge in [-0.05, 0) is 17.7 Å². The maximum atomic E-state index is 9.67. The van der Waals surface area contributed by atoms with Crippen LogP contribution in [0.15, 0.2) is 30.6 Å². The van der Waals surface area contributed by atoms with Crippen molar-refractivity contribution in [1.82, 2.24) is 9.97 Å². The van der Waals surface area contributed by atoms with E-state index in [0.29, 0.717) is 6.42 Å². The molecule has 2 aromatic rings. The van der Waals surface area contributed by atoms with Gasteiger partial charge in [0.1, 0.15) is 0 Å². The lowest BCUT2D eigenvalue weighted by Crippen LogP contribution is -2.00. The molecule has 4 heteroatoms. The van der Waals surface area contributed by atoms with Crippen molar-refractivity contribution < 1.29 is 10.2 Å². The number of hydrogen-bond acceptors (Lipinski definition) is 4. The first-order valence-corrected chi connectivity index (χ1v) is 4.81. The molecule has 1 aromatic carbocycles. The molecule has 0 amide bonds. The minimum atomic E-state index is -0.638. The van der Waals surface area contributed by atoms with Crippen LogP contribution in [0.1, 0.15) is 18.1 Å². The topological polar surface area (TPSA) is 66.2 Å². The summed E-state index contributed by atoms with van der Waals surface area (Å²) in [4.78, 5) is 8.28. The molecule has 0 bridgehead atoms. The average Bonchev–Trinajstić information content (AvgIpc) is 2.29. The molecule has 1 aromatic heterocycles. The predicted molar refractivity (Wildman–Crippen MR) is 56.2 cm³/mol. The molecule has 2 rings (SSSR count). The molecule has 0 aliphatic carbocycles. The molecule has 4 nitrogen and oxygen atoms in total. The fraction of sp³-hybridized carbons (Fsp3) is 0.273. The highest BCUT2D eigenvalue weighted by atomic mass is 16.3. The van der Waals surface area contributed by atoms with Crippen LogP contribution in [0.3, 0.4) is 0 Å². The Balaban J connectivity index is 2.38. The molecular formula is C11H12N2O2. The van der Waals surface area contributed by atoms with Crippen LogP contribution in [-0.2, 0) is 0 Å². The molecule has 0 spiro atoms. The van der Waals surface area contributed by atoms with Gasteiger partial charge in [-0.15, -0.1) is 0 Å². The molecule has 0 aliphatic heterocycles. The Morgan fingerprint density at radius 2 is 1.87 bits per heavy atom. The van der Waals surface area contributed by atoms with Crippen molar-refractivity contribution in [2.75, 3.05) is 6.61 Å². The molecular weight excluding hydrogens is 192 g/mol. The number of aromatic nitrogens is 2. The lowest BCUT2D eigenvalue weighted by atomic mass is 10.1. The van der Waals surface area contributed by atoms with Gasteiger partial charge in [0.15, 0.2) is 0 Å². The van der Waals surface area contributed by atoms with E-state index in [2.05, 4.69) is 9.97 Å². The Labute approximate surface area is 87.2 Å². The maximum absolute atomic E-state index is 9.67. The van der Waals surface area contributed by atoms with Gasteiger partial charge in [0.05, 0.1) is 17.1 Å². The minimum absolute atomic E-state index is 0.0281. The number of aliphatic hydroxyl groups excluding tert-OH is 2. The second kappa shape index (κ2) is 4.33. The van der Waals surface area contributed by atoms with E-state index in [1.165, 1.54) is 0 Å². The standard InChI is InChI=1S/C11H12N2O2/c14-6-3-11(15)8-1-2-9-10(7-8)13-5-4-12-9/h1-2,4-5,7,11,14-15H,3,6H2. The zero-order valence-electron chi connectivity index (χ0n) is 8.17. The fourth-order valence-electron chi connectivity index (χ4n) is 1.48. The lowest BCUT2D eigenvalue weighted by Gasteiger charge is -2.09. The largest absolute Gasteiger partial charge is 0.396 e. The molecule has 1 atom stereocenters. The van der Waals surface area contributed by atoms with Crippen LogP contribution in [0.4, 0.5) is 0 Å². The van der Waals surface area contributed by atoms with Crippen LogP contribution in [-0.4, -0.2) is 26.8 Å². The van der Waals surface area contributed by atoms with E-state index in [1.54, 1.807) is 24.5 Å². The van der Waals surface area contributed by atoms with Crippen molar-refractivity contribution in [3.8, 4) is 0 Å². The van der Waals surface area contributed by atoms with E-state index in [-0.39, 0.29) is 6.61 Å². The molecule has 1 heterocycles. The second-order valence-electron chi connectivity index (χ2n) is 3.33. The highest BCUT2D eigenvalue weighted by Gasteiger charge is 2.07. The van der Waals surface area contributed by atoms with Crippen LogP contribution in [0.25, 0.3) is 11.0 Å². The molecule has 78 valence electrons. The Hall–Kier alpha value is -1.52. The summed E-state index contributed by atoms with van der Waals surface area (Å²) in [5.74, 6) is 0. The first-order chi connectivity index (χ1) is 7.31. The van der Waals surface area contributed by atoms with Crippen LogP contribution >= 0.6 is 0 Å². The zero-order chi connectivity index (χ0) is 10.7. The second-order valence-corrected chi connectivity index (χ2v) is 3.33. The van der Waals surface area contributed by atoms with Gasteiger partial charge in [0.2, 0.25) is 0 Å². The van der Waals surface area contributed by atoms with E-state index in [1.807, 2.05) is 6.07 Å². The Morgan fingerprint density at radius 3 is 2.60 bits per heavy atom. The molecule has 0 fully saturated rings. The van der Waals surface area contributed by atoms with Gasteiger partial charge in [-0.1, -0.05) is 6.07 Å². The van der Waals surface area contributed by atoms with Gasteiger partial charge in [0.25, 0.3) is 0 Å². The molecule has 0 aliphatic rings. The summed E-state index contributed by atoms with van der Waals surface area (Å²) in [6, 6.07) is 5.41. The summed E-state index contributed by atoms with van der Waals surface area (Å²) in [6.45, 7) is -0.0281. The van der Waals surface area contributed by atoms with Gasteiger partial charge < -0.3 is 10.2 Å². The third kappa shape index (κ3) is 2.11. The third-order valence-corrected chi connectivity index (χ3v) is 2.28. The summed E-state index contributed by atoms with van der Waals surface area (Å²) < 4.78 is 0. The van der Waals surface area contributed by atoms with Gasteiger partial charge in [-0.25, -0.2) is 0 Å². The monoisotopic (exact) mass is 204 g/mol. The average molecular weight is 204 g/mol. The number of aliphatic hydroxyl groups is 2. The van der Waals surface area contributed by atoms with Crippen LogP contribution < -0.4 is 0 Å². The summed E-state index contributed by atoms with van der Waals surface area (Å²) in [5.41, 5.74) is 2.32. The quantitative estimate of drug-likeness (QED) is 0.784. The van der Waals surface area contributed by atoms with Crippen LogP contribution in [0, 0.1) is 0 Å². The predicted octanol–water partition coefficient (Wildman–Crippen LogP) is 1.05. The Morgan fingerprint density at radius 1 is 1.13 bits per heavy atom. The minimum Gasteiger partial charge on any atom is -0.396 e. The first-order valence-electron chi connectivity index (χ1n) is 4.81. The molecule has 0 radical (unpaired) electrons. The van der Waals surface area contributed by atoms with Crippen LogP contribution in [0.5, 0.6) is 0 Å². The SMILES string of the molecule is OCCC(O)c1ccc2nccnc2c1. The lowest BCUT2D eigenvalue weighted by molar-refractivity contribution is 0.134. The van der Waals surface area contributed by atoms with Crippen LogP contribution in [0.2, 0.25) is 0 Å². The van der Waals surface area contributed by atoms with Crippen molar-refractivity contribution >= 4 is 11.0 Å². The third-order valence-electron chi connectivity index (χ3n) is 2.28. The zero-order valence-corrected chi connectivity index (χ0v) is 8.17. The molecule has 1 unspecified atom stereocenters. The Bertz CT molecular complexity index is 459. The number of rotatable bonds is 3. The maximum Gasteiger partial charge on any atom is 0.0890 e.